The van der Waals surface area contributed by atoms with Crippen molar-refractivity contribution in [2.24, 2.45) is 11.7 Å². The summed E-state index contributed by atoms with van der Waals surface area (Å²) < 4.78 is 0. The van der Waals surface area contributed by atoms with E-state index in [4.69, 9.17) is 10.8 Å². The number of amides is 3. The van der Waals surface area contributed by atoms with Gasteiger partial charge in [-0.15, -0.1) is 0 Å². The molecule has 106 valence electrons. The van der Waals surface area contributed by atoms with E-state index in [2.05, 4.69) is 0 Å². The standard InChI is InChI=1S/C12H19N3O4/c13-11(18)9-3-1-2-4-15(9)12(19)14-6-8(7-14)5-10(16)17/h8-9H,1-7H2,(H2,13,18)(H,16,17). The van der Waals surface area contributed by atoms with Gasteiger partial charge in [-0.1, -0.05) is 0 Å². The summed E-state index contributed by atoms with van der Waals surface area (Å²) in [6, 6.07) is -0.704. The Morgan fingerprint density at radius 2 is 1.89 bits per heavy atom. The molecule has 19 heavy (non-hydrogen) atoms. The van der Waals surface area contributed by atoms with Gasteiger partial charge in [0.1, 0.15) is 6.04 Å². The van der Waals surface area contributed by atoms with Crippen LogP contribution >= 0.6 is 0 Å². The summed E-state index contributed by atoms with van der Waals surface area (Å²) in [7, 11) is 0. The second-order valence-electron chi connectivity index (χ2n) is 5.26. The van der Waals surface area contributed by atoms with E-state index in [1.807, 2.05) is 0 Å². The first kappa shape index (κ1) is 13.6. The lowest BCUT2D eigenvalue weighted by Crippen LogP contribution is -2.60. The minimum absolute atomic E-state index is 0.0262. The molecule has 3 N–H and O–H groups in total. The van der Waals surface area contributed by atoms with Gasteiger partial charge in [0, 0.05) is 25.6 Å². The van der Waals surface area contributed by atoms with Crippen molar-refractivity contribution in [3.05, 3.63) is 0 Å². The zero-order valence-corrected chi connectivity index (χ0v) is 10.7. The fourth-order valence-electron chi connectivity index (χ4n) is 2.74. The summed E-state index contributed by atoms with van der Waals surface area (Å²) >= 11 is 0. The number of piperidine rings is 1. The van der Waals surface area contributed by atoms with E-state index in [0.717, 1.165) is 12.8 Å². The van der Waals surface area contributed by atoms with Gasteiger partial charge in [0.15, 0.2) is 0 Å². The van der Waals surface area contributed by atoms with E-state index in [0.29, 0.717) is 26.1 Å². The lowest BCUT2D eigenvalue weighted by atomic mass is 9.96. The van der Waals surface area contributed by atoms with Crippen LogP contribution in [0.3, 0.4) is 0 Å². The molecule has 2 fully saturated rings. The molecular weight excluding hydrogens is 250 g/mol. The number of primary amides is 1. The first-order valence-electron chi connectivity index (χ1n) is 6.55. The zero-order chi connectivity index (χ0) is 14.0. The number of carboxylic acids is 1. The van der Waals surface area contributed by atoms with Gasteiger partial charge in [-0.2, -0.15) is 0 Å². The maximum absolute atomic E-state index is 12.2. The molecule has 1 atom stereocenters. The van der Waals surface area contributed by atoms with Crippen LogP contribution in [-0.2, 0) is 9.59 Å². The number of urea groups is 1. The number of nitrogens with zero attached hydrogens (tertiary/aromatic N) is 2. The van der Waals surface area contributed by atoms with Crippen LogP contribution in [-0.4, -0.2) is 58.5 Å². The van der Waals surface area contributed by atoms with E-state index in [9.17, 15) is 14.4 Å². The van der Waals surface area contributed by atoms with Gasteiger partial charge in [-0.25, -0.2) is 4.79 Å². The molecule has 2 aliphatic rings. The summed E-state index contributed by atoms with van der Waals surface area (Å²) in [4.78, 5) is 37.2. The largest absolute Gasteiger partial charge is 0.481 e. The monoisotopic (exact) mass is 269 g/mol. The molecule has 2 saturated heterocycles. The molecule has 2 rings (SSSR count). The third-order valence-electron chi connectivity index (χ3n) is 3.77. The summed E-state index contributed by atoms with van der Waals surface area (Å²) in [6.07, 6.45) is 2.48. The Balaban J connectivity index is 1.89. The first-order valence-corrected chi connectivity index (χ1v) is 6.55. The van der Waals surface area contributed by atoms with Crippen molar-refractivity contribution in [1.82, 2.24) is 9.80 Å². The van der Waals surface area contributed by atoms with Gasteiger partial charge in [0.05, 0.1) is 6.42 Å². The van der Waals surface area contributed by atoms with Crippen LogP contribution in [0.5, 0.6) is 0 Å². The fourth-order valence-corrected chi connectivity index (χ4v) is 2.74. The summed E-state index contributed by atoms with van der Waals surface area (Å²) in [5.74, 6) is -1.28. The van der Waals surface area contributed by atoms with Crippen LogP contribution < -0.4 is 5.73 Å². The van der Waals surface area contributed by atoms with Gasteiger partial charge in [-0.05, 0) is 19.3 Å². The molecule has 0 aromatic rings. The number of carboxylic acid groups (broad SMARTS) is 1. The number of carbonyl (C=O) groups is 3. The molecule has 7 heteroatoms. The molecule has 2 heterocycles. The molecule has 0 saturated carbocycles. The van der Waals surface area contributed by atoms with Gasteiger partial charge < -0.3 is 20.6 Å². The molecule has 2 aliphatic heterocycles. The Bertz CT molecular complexity index is 392. The average Bonchev–Trinajstić information content (AvgIpc) is 2.32. The lowest BCUT2D eigenvalue weighted by Gasteiger charge is -2.44. The highest BCUT2D eigenvalue weighted by atomic mass is 16.4. The van der Waals surface area contributed by atoms with Crippen molar-refractivity contribution < 1.29 is 19.5 Å². The maximum Gasteiger partial charge on any atom is 0.320 e. The molecule has 0 spiro atoms. The number of carbonyl (C=O) groups excluding carboxylic acids is 2. The summed E-state index contributed by atoms with van der Waals surface area (Å²) in [5.41, 5.74) is 5.32. The Hall–Kier alpha value is -1.79. The Labute approximate surface area is 111 Å². The third-order valence-corrected chi connectivity index (χ3v) is 3.77. The van der Waals surface area contributed by atoms with Crippen LogP contribution in [0.15, 0.2) is 0 Å². The number of nitrogens with two attached hydrogens (primary N) is 1. The first-order chi connectivity index (χ1) is 8.99. The van der Waals surface area contributed by atoms with Crippen LogP contribution in [0.25, 0.3) is 0 Å². The topological polar surface area (TPSA) is 104 Å². The van der Waals surface area contributed by atoms with Crippen molar-refractivity contribution in [2.75, 3.05) is 19.6 Å². The minimum atomic E-state index is -0.843. The van der Waals surface area contributed by atoms with E-state index >= 15 is 0 Å². The summed E-state index contributed by atoms with van der Waals surface area (Å²) in [5, 5.41) is 8.66. The van der Waals surface area contributed by atoms with Crippen LogP contribution in [0.2, 0.25) is 0 Å². The molecule has 3 amide bonds. The number of likely N-dealkylation sites (tertiary alicyclic amines) is 2. The molecule has 1 unspecified atom stereocenters. The number of hydrogen-bond acceptors (Lipinski definition) is 3. The van der Waals surface area contributed by atoms with E-state index in [-0.39, 0.29) is 18.4 Å². The Morgan fingerprint density at radius 3 is 2.47 bits per heavy atom. The highest BCUT2D eigenvalue weighted by Crippen LogP contribution is 2.24. The molecule has 0 radical (unpaired) electrons. The van der Waals surface area contributed by atoms with E-state index < -0.39 is 17.9 Å². The van der Waals surface area contributed by atoms with Crippen LogP contribution in [0, 0.1) is 5.92 Å². The van der Waals surface area contributed by atoms with Crippen molar-refractivity contribution in [2.45, 2.75) is 31.7 Å². The Kier molecular flexibility index (Phi) is 3.92. The predicted molar refractivity (Wildman–Crippen MR) is 66.3 cm³/mol. The van der Waals surface area contributed by atoms with Gasteiger partial charge in [0.2, 0.25) is 5.91 Å². The van der Waals surface area contributed by atoms with Crippen molar-refractivity contribution in [1.29, 1.82) is 0 Å². The molecule has 0 aliphatic carbocycles. The normalized spacial score (nSPS) is 23.9. The van der Waals surface area contributed by atoms with Gasteiger partial charge in [-0.3, -0.25) is 9.59 Å². The third kappa shape index (κ3) is 2.97. The number of aliphatic carboxylic acids is 1. The van der Waals surface area contributed by atoms with Crippen molar-refractivity contribution >= 4 is 17.9 Å². The van der Waals surface area contributed by atoms with E-state index in [1.165, 1.54) is 4.90 Å². The molecule has 0 aromatic heterocycles. The lowest BCUT2D eigenvalue weighted by molar-refractivity contribution is -0.139. The summed E-state index contributed by atoms with van der Waals surface area (Å²) in [6.45, 7) is 1.45. The predicted octanol–water partition coefficient (Wildman–Crippen LogP) is -0.147. The van der Waals surface area contributed by atoms with Crippen molar-refractivity contribution in [3.63, 3.8) is 0 Å². The second kappa shape index (κ2) is 5.46. The molecular formula is C12H19N3O4. The van der Waals surface area contributed by atoms with Gasteiger partial charge >= 0.3 is 12.0 Å². The second-order valence-corrected chi connectivity index (χ2v) is 5.26. The van der Waals surface area contributed by atoms with E-state index in [1.54, 1.807) is 4.90 Å². The average molecular weight is 269 g/mol. The molecule has 0 aromatic carbocycles. The quantitative estimate of drug-likeness (QED) is 0.743. The SMILES string of the molecule is NC(=O)C1CCCCN1C(=O)N1CC(CC(=O)O)C1. The smallest absolute Gasteiger partial charge is 0.320 e. The highest BCUT2D eigenvalue weighted by molar-refractivity contribution is 5.86. The van der Waals surface area contributed by atoms with Crippen LogP contribution in [0.1, 0.15) is 25.7 Å². The number of hydrogen-bond donors (Lipinski definition) is 2. The molecule has 0 bridgehead atoms. The Morgan fingerprint density at radius 1 is 1.21 bits per heavy atom. The minimum Gasteiger partial charge on any atom is -0.481 e. The van der Waals surface area contributed by atoms with Gasteiger partial charge in [0.25, 0.3) is 0 Å². The maximum atomic E-state index is 12.2. The van der Waals surface area contributed by atoms with Crippen molar-refractivity contribution in [3.8, 4) is 0 Å². The number of rotatable bonds is 3. The molecule has 7 nitrogen and oxygen atoms in total. The zero-order valence-electron chi connectivity index (χ0n) is 10.7. The fraction of sp³-hybridized carbons (Fsp3) is 0.750. The highest BCUT2D eigenvalue weighted by Gasteiger charge is 2.38. The van der Waals surface area contributed by atoms with Crippen LogP contribution in [0.4, 0.5) is 4.79 Å².